The number of fused-ring (bicyclic) bond motifs is 5. The molecule has 8 aliphatic rings. The molecule has 4 aliphatic heterocycles. The first-order chi connectivity index (χ1) is 29.9. The molecule has 25 atom stereocenters. The van der Waals surface area contributed by atoms with Crippen LogP contribution in [0.3, 0.4) is 0 Å². The highest BCUT2D eigenvalue weighted by molar-refractivity contribution is 5.20. The van der Waals surface area contributed by atoms with E-state index in [0.29, 0.717) is 18.8 Å². The summed E-state index contributed by atoms with van der Waals surface area (Å²) in [5.41, 5.74) is -0.776. The van der Waals surface area contributed by atoms with Crippen LogP contribution in [0.25, 0.3) is 0 Å². The normalized spacial score (nSPS) is 56.2. The van der Waals surface area contributed by atoms with Gasteiger partial charge in [-0.05, 0) is 117 Å². The maximum Gasteiger partial charge on any atom is 0.187 e. The fraction of sp³-hybridized carbons (Fsp3) is 0.957. The average Bonchev–Trinajstić information content (AvgIpc) is 3.74. The standard InChI is InChI=1S/C47H78O17/c1-21(2)17-23-18-47(57,42(56)60-23)25-11-15-45(7)24(25)9-10-29-44(6)14-13-30(43(4,5)28(44)12-16-46(29,45)8)62-41-38(64-39-35(54)33(52)31(50)22(3)59-39)37(26(49)20-58-41)63-40-36(55)34(53)32(51)27(19-48)61-40/h17,22-42,48-57H,9-16,18-20H2,1-8H3/t22-,23+,24?,25?,26-,27-,28?,29?,30+,31-,32-,33+,34+,35+,36-,37+,38+,39-,40+,41+,42-,44+,45-,46-,47+/m1/s1. The van der Waals surface area contributed by atoms with Gasteiger partial charge in [0.2, 0.25) is 0 Å². The molecule has 0 spiro atoms. The van der Waals surface area contributed by atoms with Gasteiger partial charge in [0, 0.05) is 6.42 Å². The smallest absolute Gasteiger partial charge is 0.187 e. The minimum atomic E-state index is -1.80. The molecule has 4 aliphatic carbocycles. The van der Waals surface area contributed by atoms with Gasteiger partial charge >= 0.3 is 0 Å². The molecule has 4 heterocycles. The zero-order valence-corrected chi connectivity index (χ0v) is 38.8. The first kappa shape index (κ1) is 49.5. The highest BCUT2D eigenvalue weighted by atomic mass is 16.8. The van der Waals surface area contributed by atoms with Crippen LogP contribution >= 0.6 is 0 Å². The van der Waals surface area contributed by atoms with Crippen LogP contribution in [-0.2, 0) is 33.2 Å². The van der Waals surface area contributed by atoms with E-state index in [-0.39, 0.29) is 46.7 Å². The SMILES string of the molecule is CC(C)=C[C@H]1C[C@](O)(C2CC[C@]3(C)C2CCC2[C@@]4(C)CC[C@H](O[C@@H]5OC[C@@H](O)[C@H](O[C@@H]6O[C@H](CO)[C@@H](O)[C@H](O)[C@H]6O)[C@@H]5O[C@H]5O[C@H](C)[C@@H](O)[C@H](O)[C@@H]5O)C(C)(C)C4CC[C@]23C)[C@H](O)O1. The van der Waals surface area contributed by atoms with Gasteiger partial charge in [-0.3, -0.25) is 0 Å². The number of allylic oxidation sites excluding steroid dienone is 1. The molecular weight excluding hydrogens is 836 g/mol. The van der Waals surface area contributed by atoms with E-state index in [1.807, 2.05) is 19.9 Å². The van der Waals surface area contributed by atoms with E-state index < -0.39 is 116 Å². The minimum absolute atomic E-state index is 0.0214. The molecule has 0 amide bonds. The van der Waals surface area contributed by atoms with Crippen LogP contribution in [-0.4, -0.2) is 174 Å². The summed E-state index contributed by atoms with van der Waals surface area (Å²) in [6.07, 6.45) is -13.3. The molecule has 4 saturated heterocycles. The lowest BCUT2D eigenvalue weighted by atomic mass is 9.35. The van der Waals surface area contributed by atoms with Crippen molar-refractivity contribution in [3.8, 4) is 0 Å². The number of hydrogen-bond donors (Lipinski definition) is 10. The van der Waals surface area contributed by atoms with Gasteiger partial charge in [-0.15, -0.1) is 0 Å². The van der Waals surface area contributed by atoms with Gasteiger partial charge in [-0.1, -0.05) is 46.3 Å². The largest absolute Gasteiger partial charge is 0.394 e. The third kappa shape index (κ3) is 7.89. The summed E-state index contributed by atoms with van der Waals surface area (Å²) in [7, 11) is 0. The zero-order valence-electron chi connectivity index (χ0n) is 38.8. The summed E-state index contributed by atoms with van der Waals surface area (Å²) in [5.74, 6) is 0.785. The monoisotopic (exact) mass is 915 g/mol. The van der Waals surface area contributed by atoms with Gasteiger partial charge in [-0.25, -0.2) is 0 Å². The molecule has 4 unspecified atom stereocenters. The summed E-state index contributed by atoms with van der Waals surface area (Å²) in [6.45, 7) is 16.3. The summed E-state index contributed by atoms with van der Waals surface area (Å²) in [6, 6.07) is 0. The molecule has 10 N–H and O–H groups in total. The maximum atomic E-state index is 12.2. The van der Waals surface area contributed by atoms with Gasteiger partial charge in [-0.2, -0.15) is 0 Å². The van der Waals surface area contributed by atoms with E-state index in [9.17, 15) is 51.1 Å². The fourth-order valence-corrected chi connectivity index (χ4v) is 15.1. The predicted molar refractivity (Wildman–Crippen MR) is 225 cm³/mol. The van der Waals surface area contributed by atoms with E-state index in [2.05, 4.69) is 34.6 Å². The second-order valence-corrected chi connectivity index (χ2v) is 22.6. The molecule has 368 valence electrons. The zero-order chi connectivity index (χ0) is 46.6. The van der Waals surface area contributed by atoms with Crippen molar-refractivity contribution in [3.05, 3.63) is 11.6 Å². The Balaban J connectivity index is 1.03. The fourth-order valence-electron chi connectivity index (χ4n) is 15.1. The summed E-state index contributed by atoms with van der Waals surface area (Å²) >= 11 is 0. The quantitative estimate of drug-likeness (QED) is 0.114. The van der Waals surface area contributed by atoms with Crippen molar-refractivity contribution in [2.75, 3.05) is 13.2 Å². The number of aliphatic hydroxyl groups is 10. The van der Waals surface area contributed by atoms with Crippen LogP contribution in [0.4, 0.5) is 0 Å². The number of hydrogen-bond acceptors (Lipinski definition) is 17. The summed E-state index contributed by atoms with van der Waals surface area (Å²) in [4.78, 5) is 0. The van der Waals surface area contributed by atoms with E-state index in [0.717, 1.165) is 50.5 Å². The molecular formula is C47H78O17. The number of ether oxygens (including phenoxy) is 7. The Kier molecular flexibility index (Phi) is 13.8. The topological polar surface area (TPSA) is 267 Å². The van der Waals surface area contributed by atoms with Gasteiger partial charge in [0.15, 0.2) is 25.2 Å². The van der Waals surface area contributed by atoms with Crippen molar-refractivity contribution in [1.29, 1.82) is 0 Å². The Hall–Kier alpha value is -0.940. The molecule has 0 aromatic heterocycles. The van der Waals surface area contributed by atoms with E-state index in [4.69, 9.17) is 33.2 Å². The Morgan fingerprint density at radius 2 is 1.28 bits per heavy atom. The highest BCUT2D eigenvalue weighted by Crippen LogP contribution is 2.76. The predicted octanol–water partition coefficient (Wildman–Crippen LogP) is 0.976. The van der Waals surface area contributed by atoms with Gasteiger partial charge in [0.05, 0.1) is 31.5 Å². The van der Waals surface area contributed by atoms with Crippen LogP contribution in [0.15, 0.2) is 11.6 Å². The Morgan fingerprint density at radius 1 is 0.641 bits per heavy atom. The molecule has 8 fully saturated rings. The van der Waals surface area contributed by atoms with Crippen LogP contribution in [0.5, 0.6) is 0 Å². The molecule has 0 aromatic carbocycles. The van der Waals surface area contributed by atoms with E-state index >= 15 is 0 Å². The molecule has 0 aromatic rings. The minimum Gasteiger partial charge on any atom is -0.394 e. The summed E-state index contributed by atoms with van der Waals surface area (Å²) in [5, 5.41) is 109. The van der Waals surface area contributed by atoms with Crippen molar-refractivity contribution in [3.63, 3.8) is 0 Å². The van der Waals surface area contributed by atoms with Crippen LogP contribution in [0, 0.1) is 45.3 Å². The van der Waals surface area contributed by atoms with E-state index in [1.165, 1.54) is 6.92 Å². The maximum absolute atomic E-state index is 12.2. The van der Waals surface area contributed by atoms with Gasteiger partial charge in [0.25, 0.3) is 0 Å². The Bertz CT molecular complexity index is 1680. The second-order valence-electron chi connectivity index (χ2n) is 22.6. The van der Waals surface area contributed by atoms with Gasteiger partial charge < -0.3 is 84.2 Å². The third-order valence-corrected chi connectivity index (χ3v) is 18.7. The Morgan fingerprint density at radius 3 is 1.95 bits per heavy atom. The van der Waals surface area contributed by atoms with Gasteiger partial charge in [0.1, 0.15) is 66.6 Å². The lowest BCUT2D eigenvalue weighted by Crippen LogP contribution is -2.66. The van der Waals surface area contributed by atoms with Crippen molar-refractivity contribution >= 4 is 0 Å². The summed E-state index contributed by atoms with van der Waals surface area (Å²) < 4.78 is 43.1. The van der Waals surface area contributed by atoms with Crippen molar-refractivity contribution in [1.82, 2.24) is 0 Å². The average molecular weight is 915 g/mol. The molecule has 64 heavy (non-hydrogen) atoms. The third-order valence-electron chi connectivity index (χ3n) is 18.7. The molecule has 17 nitrogen and oxygen atoms in total. The molecule has 8 rings (SSSR count). The molecule has 4 saturated carbocycles. The Labute approximate surface area is 377 Å². The van der Waals surface area contributed by atoms with Crippen LogP contribution in [0.1, 0.15) is 113 Å². The number of aliphatic hydroxyl groups excluding tert-OH is 9. The van der Waals surface area contributed by atoms with Crippen molar-refractivity contribution < 1.29 is 84.2 Å². The second kappa shape index (κ2) is 17.8. The lowest BCUT2D eigenvalue weighted by molar-refractivity contribution is -0.388. The van der Waals surface area contributed by atoms with E-state index in [1.54, 1.807) is 0 Å². The molecule has 17 heteroatoms. The first-order valence-corrected chi connectivity index (χ1v) is 23.9. The van der Waals surface area contributed by atoms with Crippen LogP contribution in [0.2, 0.25) is 0 Å². The van der Waals surface area contributed by atoms with Crippen LogP contribution < -0.4 is 0 Å². The first-order valence-electron chi connectivity index (χ1n) is 23.9. The molecule has 0 bridgehead atoms. The highest BCUT2D eigenvalue weighted by Gasteiger charge is 2.71. The number of rotatable bonds is 9. The van der Waals surface area contributed by atoms with Crippen molar-refractivity contribution in [2.24, 2.45) is 45.3 Å². The van der Waals surface area contributed by atoms with Crippen molar-refractivity contribution in [2.45, 2.75) is 223 Å². The lowest BCUT2D eigenvalue weighted by Gasteiger charge is -2.70. The molecule has 0 radical (unpaired) electrons.